The molecule has 1 fully saturated rings. The first-order valence-electron chi connectivity index (χ1n) is 3.74. The Hall–Kier alpha value is 0.0900. The van der Waals surface area contributed by atoms with Crippen LogP contribution in [0.3, 0.4) is 0 Å². The van der Waals surface area contributed by atoms with Gasteiger partial charge >= 0.3 is 0 Å². The fraction of sp³-hybridized carbons (Fsp3) is 0.429. The first kappa shape index (κ1) is 9.64. The Morgan fingerprint density at radius 1 is 1.62 bits per heavy atom. The molecule has 0 saturated heterocycles. The van der Waals surface area contributed by atoms with Gasteiger partial charge in [0, 0.05) is 20.6 Å². The predicted molar refractivity (Wildman–Crippen MR) is 56.3 cm³/mol. The van der Waals surface area contributed by atoms with Gasteiger partial charge in [-0.3, -0.25) is 0 Å². The van der Waals surface area contributed by atoms with E-state index in [1.165, 1.54) is 0 Å². The van der Waals surface area contributed by atoms with Gasteiger partial charge in [-0.2, -0.15) is 0 Å². The highest BCUT2D eigenvalue weighted by Gasteiger charge is 2.47. The van der Waals surface area contributed by atoms with Crippen LogP contribution in [0.15, 0.2) is 15.9 Å². The van der Waals surface area contributed by atoms with Crippen LogP contribution in [-0.2, 0) is 10.0 Å². The van der Waals surface area contributed by atoms with Crippen molar-refractivity contribution < 1.29 is 8.42 Å². The summed E-state index contributed by atoms with van der Waals surface area (Å²) in [6.07, 6.45) is 0.672. The molecular formula is C7H8BrNO2S2. The zero-order valence-corrected chi connectivity index (χ0v) is 9.82. The maximum absolute atomic E-state index is 11.0. The van der Waals surface area contributed by atoms with Crippen molar-refractivity contribution in [2.45, 2.75) is 17.6 Å². The molecule has 6 heteroatoms. The Labute approximate surface area is 89.1 Å². The molecule has 1 saturated carbocycles. The van der Waals surface area contributed by atoms with Crippen LogP contribution in [0.2, 0.25) is 0 Å². The Morgan fingerprint density at radius 2 is 2.31 bits per heavy atom. The van der Waals surface area contributed by atoms with Crippen molar-refractivity contribution in [3.63, 3.8) is 0 Å². The summed E-state index contributed by atoms with van der Waals surface area (Å²) >= 11 is 4.90. The highest BCUT2D eigenvalue weighted by atomic mass is 79.9. The number of sulfonamides is 1. The van der Waals surface area contributed by atoms with Crippen molar-refractivity contribution in [2.75, 3.05) is 0 Å². The molecule has 1 aromatic rings. The number of rotatable bonds is 2. The van der Waals surface area contributed by atoms with Gasteiger partial charge in [0.1, 0.15) is 0 Å². The lowest BCUT2D eigenvalue weighted by atomic mass is 10.3. The molecule has 0 amide bonds. The number of hydrogen-bond acceptors (Lipinski definition) is 3. The van der Waals surface area contributed by atoms with Gasteiger partial charge in [-0.15, -0.1) is 11.3 Å². The van der Waals surface area contributed by atoms with Gasteiger partial charge in [0.25, 0.3) is 0 Å². The molecule has 3 nitrogen and oxygen atoms in total. The van der Waals surface area contributed by atoms with Gasteiger partial charge < -0.3 is 0 Å². The molecule has 0 bridgehead atoms. The average molecular weight is 282 g/mol. The minimum absolute atomic E-state index is 0.131. The molecular weight excluding hydrogens is 274 g/mol. The smallest absolute Gasteiger partial charge is 0.212 e. The van der Waals surface area contributed by atoms with E-state index in [2.05, 4.69) is 15.9 Å². The maximum atomic E-state index is 11.0. The zero-order chi connectivity index (χ0) is 9.64. The summed E-state index contributed by atoms with van der Waals surface area (Å²) in [6.45, 7) is 0. The molecule has 0 aliphatic heterocycles. The Morgan fingerprint density at radius 3 is 2.69 bits per heavy atom. The summed E-state index contributed by atoms with van der Waals surface area (Å²) in [4.78, 5) is 1.10. The quantitative estimate of drug-likeness (QED) is 0.896. The highest BCUT2D eigenvalue weighted by molar-refractivity contribution is 9.10. The molecule has 2 atom stereocenters. The van der Waals surface area contributed by atoms with Crippen LogP contribution in [-0.4, -0.2) is 13.7 Å². The van der Waals surface area contributed by atoms with Crippen molar-refractivity contribution in [1.29, 1.82) is 0 Å². The molecule has 0 aromatic carbocycles. The third-order valence-electron chi connectivity index (χ3n) is 2.11. The van der Waals surface area contributed by atoms with Gasteiger partial charge in [-0.25, -0.2) is 13.6 Å². The molecule has 13 heavy (non-hydrogen) atoms. The SMILES string of the molecule is NS(=O)(=O)[C@@H]1C[C@H]1c1cc(Br)cs1. The van der Waals surface area contributed by atoms with Gasteiger partial charge in [-0.05, 0) is 28.4 Å². The Kier molecular flexibility index (Phi) is 2.26. The van der Waals surface area contributed by atoms with Crippen LogP contribution in [0.1, 0.15) is 17.2 Å². The first-order chi connectivity index (χ1) is 5.98. The largest absolute Gasteiger partial charge is 0.228 e. The van der Waals surface area contributed by atoms with E-state index in [1.54, 1.807) is 11.3 Å². The third-order valence-corrected chi connectivity index (χ3v) is 5.30. The van der Waals surface area contributed by atoms with Gasteiger partial charge in [0.05, 0.1) is 5.25 Å². The minimum atomic E-state index is -3.33. The molecule has 0 spiro atoms. The van der Waals surface area contributed by atoms with E-state index in [0.29, 0.717) is 6.42 Å². The number of primary sulfonamides is 1. The highest BCUT2D eigenvalue weighted by Crippen LogP contribution is 2.47. The van der Waals surface area contributed by atoms with Crippen LogP contribution in [0.25, 0.3) is 0 Å². The number of nitrogens with two attached hydrogens (primary N) is 1. The van der Waals surface area contributed by atoms with Crippen molar-refractivity contribution >= 4 is 37.3 Å². The van der Waals surface area contributed by atoms with Crippen molar-refractivity contribution in [3.8, 4) is 0 Å². The molecule has 1 aliphatic rings. The second-order valence-electron chi connectivity index (χ2n) is 3.14. The lowest BCUT2D eigenvalue weighted by molar-refractivity contribution is 0.596. The van der Waals surface area contributed by atoms with Gasteiger partial charge in [0.15, 0.2) is 0 Å². The first-order valence-corrected chi connectivity index (χ1v) is 7.02. The molecule has 1 heterocycles. The van der Waals surface area contributed by atoms with E-state index in [1.807, 2.05) is 11.4 Å². The van der Waals surface area contributed by atoms with Crippen LogP contribution >= 0.6 is 27.3 Å². The van der Waals surface area contributed by atoms with Crippen molar-refractivity contribution in [2.24, 2.45) is 5.14 Å². The maximum Gasteiger partial charge on any atom is 0.212 e. The molecule has 0 radical (unpaired) electrons. The van der Waals surface area contributed by atoms with Crippen LogP contribution in [0.5, 0.6) is 0 Å². The van der Waals surface area contributed by atoms with E-state index >= 15 is 0 Å². The monoisotopic (exact) mass is 281 g/mol. The number of thiophene rings is 1. The van der Waals surface area contributed by atoms with Crippen molar-refractivity contribution in [1.82, 2.24) is 0 Å². The van der Waals surface area contributed by atoms with Crippen molar-refractivity contribution in [3.05, 3.63) is 20.8 Å². The lowest BCUT2D eigenvalue weighted by Gasteiger charge is -1.93. The zero-order valence-electron chi connectivity index (χ0n) is 6.60. The third kappa shape index (κ3) is 1.96. The summed E-state index contributed by atoms with van der Waals surface area (Å²) in [6, 6.07) is 1.96. The Balaban J connectivity index is 2.17. The molecule has 1 aromatic heterocycles. The summed E-state index contributed by atoms with van der Waals surface area (Å²) < 4.78 is 22.9. The summed E-state index contributed by atoms with van der Waals surface area (Å²) in [5.41, 5.74) is 0. The number of hydrogen-bond donors (Lipinski definition) is 1. The van der Waals surface area contributed by atoms with E-state index < -0.39 is 10.0 Å². The second-order valence-corrected chi connectivity index (χ2v) is 6.78. The molecule has 0 unspecified atom stereocenters. The average Bonchev–Trinajstić information content (AvgIpc) is 2.69. The predicted octanol–water partition coefficient (Wildman–Crippen LogP) is 1.66. The number of halogens is 1. The van der Waals surface area contributed by atoms with E-state index in [4.69, 9.17) is 5.14 Å². The molecule has 2 rings (SSSR count). The van der Waals surface area contributed by atoms with E-state index in [0.717, 1.165) is 9.35 Å². The lowest BCUT2D eigenvalue weighted by Crippen LogP contribution is -2.18. The van der Waals surface area contributed by atoms with E-state index in [-0.39, 0.29) is 11.2 Å². The standard InChI is InChI=1S/C7H8BrNO2S2/c8-4-1-6(12-3-4)5-2-7(5)13(9,10)11/h1,3,5,7H,2H2,(H2,9,10,11)/t5-,7+/m0/s1. The normalized spacial score (nSPS) is 27.5. The Bertz CT molecular complexity index is 425. The van der Waals surface area contributed by atoms with Gasteiger partial charge in [0.2, 0.25) is 10.0 Å². The minimum Gasteiger partial charge on any atom is -0.228 e. The van der Waals surface area contributed by atoms with Gasteiger partial charge in [-0.1, -0.05) is 0 Å². The van der Waals surface area contributed by atoms with Crippen LogP contribution in [0.4, 0.5) is 0 Å². The second kappa shape index (κ2) is 3.05. The molecule has 72 valence electrons. The van der Waals surface area contributed by atoms with Crippen LogP contribution < -0.4 is 5.14 Å². The molecule has 2 N–H and O–H groups in total. The molecule has 1 aliphatic carbocycles. The summed E-state index contributed by atoms with van der Waals surface area (Å²) in [5, 5.41) is 6.64. The summed E-state index contributed by atoms with van der Waals surface area (Å²) in [5.74, 6) is 0.131. The fourth-order valence-corrected chi connectivity index (χ4v) is 4.15. The van der Waals surface area contributed by atoms with Crippen LogP contribution in [0, 0.1) is 0 Å². The van der Waals surface area contributed by atoms with E-state index in [9.17, 15) is 8.42 Å². The topological polar surface area (TPSA) is 60.2 Å². The fourth-order valence-electron chi connectivity index (χ4n) is 1.36. The summed E-state index contributed by atoms with van der Waals surface area (Å²) in [7, 11) is -3.33.